The number of aromatic nitrogens is 2. The van der Waals surface area contributed by atoms with Crippen LogP contribution < -0.4 is 5.32 Å². The summed E-state index contributed by atoms with van der Waals surface area (Å²) < 4.78 is 2.02. The zero-order chi connectivity index (χ0) is 15.5. The number of anilines is 1. The second-order valence-corrected chi connectivity index (χ2v) is 5.32. The first-order chi connectivity index (χ1) is 10.7. The Morgan fingerprint density at radius 2 is 1.86 bits per heavy atom. The van der Waals surface area contributed by atoms with Crippen LogP contribution in [0, 0.1) is 6.92 Å². The third-order valence-corrected chi connectivity index (χ3v) is 3.83. The SMILES string of the molecule is CCn1c(NC(=O)Cc2ccccc2C)nc2ccccc21. The molecular formula is C18H19N3O. The Morgan fingerprint density at radius 3 is 2.64 bits per heavy atom. The summed E-state index contributed by atoms with van der Waals surface area (Å²) in [5, 5.41) is 2.94. The minimum Gasteiger partial charge on any atom is -0.310 e. The largest absolute Gasteiger partial charge is 0.310 e. The van der Waals surface area contributed by atoms with E-state index < -0.39 is 0 Å². The van der Waals surface area contributed by atoms with Crippen molar-refractivity contribution in [2.75, 3.05) is 5.32 Å². The molecule has 2 aromatic carbocycles. The van der Waals surface area contributed by atoms with Crippen LogP contribution >= 0.6 is 0 Å². The van der Waals surface area contributed by atoms with Crippen molar-refractivity contribution in [3.8, 4) is 0 Å². The van der Waals surface area contributed by atoms with Gasteiger partial charge in [0.1, 0.15) is 0 Å². The maximum absolute atomic E-state index is 12.3. The molecule has 112 valence electrons. The number of hydrogen-bond donors (Lipinski definition) is 1. The number of fused-ring (bicyclic) bond motifs is 1. The van der Waals surface area contributed by atoms with Gasteiger partial charge in [-0.3, -0.25) is 10.1 Å². The Labute approximate surface area is 129 Å². The summed E-state index contributed by atoms with van der Waals surface area (Å²) in [4.78, 5) is 16.8. The smallest absolute Gasteiger partial charge is 0.231 e. The van der Waals surface area contributed by atoms with Crippen molar-refractivity contribution in [3.63, 3.8) is 0 Å². The van der Waals surface area contributed by atoms with E-state index in [0.29, 0.717) is 12.4 Å². The first-order valence-electron chi connectivity index (χ1n) is 7.48. The molecule has 0 aliphatic carbocycles. The molecule has 0 bridgehead atoms. The molecule has 1 aromatic heterocycles. The van der Waals surface area contributed by atoms with Gasteiger partial charge >= 0.3 is 0 Å². The third-order valence-electron chi connectivity index (χ3n) is 3.83. The second kappa shape index (κ2) is 6.02. The van der Waals surface area contributed by atoms with Crippen LogP contribution in [-0.2, 0) is 17.8 Å². The van der Waals surface area contributed by atoms with Crippen molar-refractivity contribution in [1.82, 2.24) is 9.55 Å². The molecule has 1 amide bonds. The molecular weight excluding hydrogens is 274 g/mol. The van der Waals surface area contributed by atoms with Gasteiger partial charge in [0.25, 0.3) is 0 Å². The van der Waals surface area contributed by atoms with E-state index in [9.17, 15) is 4.79 Å². The number of rotatable bonds is 4. The van der Waals surface area contributed by atoms with Gasteiger partial charge in [0.2, 0.25) is 11.9 Å². The minimum atomic E-state index is -0.0423. The molecule has 0 fully saturated rings. The molecule has 0 saturated heterocycles. The lowest BCUT2D eigenvalue weighted by atomic mass is 10.1. The number of benzene rings is 2. The number of amides is 1. The zero-order valence-electron chi connectivity index (χ0n) is 12.8. The maximum Gasteiger partial charge on any atom is 0.231 e. The molecule has 0 radical (unpaired) electrons. The molecule has 22 heavy (non-hydrogen) atoms. The van der Waals surface area contributed by atoms with Crippen LogP contribution in [0.3, 0.4) is 0 Å². The second-order valence-electron chi connectivity index (χ2n) is 5.32. The monoisotopic (exact) mass is 293 g/mol. The summed E-state index contributed by atoms with van der Waals surface area (Å²) in [7, 11) is 0. The molecule has 4 nitrogen and oxygen atoms in total. The number of imidazole rings is 1. The lowest BCUT2D eigenvalue weighted by molar-refractivity contribution is -0.115. The van der Waals surface area contributed by atoms with Gasteiger partial charge < -0.3 is 4.57 Å². The molecule has 4 heteroatoms. The highest BCUT2D eigenvalue weighted by Crippen LogP contribution is 2.19. The zero-order valence-corrected chi connectivity index (χ0v) is 12.8. The van der Waals surface area contributed by atoms with E-state index >= 15 is 0 Å². The van der Waals surface area contributed by atoms with E-state index in [-0.39, 0.29) is 5.91 Å². The van der Waals surface area contributed by atoms with Gasteiger partial charge in [-0.15, -0.1) is 0 Å². The highest BCUT2D eigenvalue weighted by Gasteiger charge is 2.12. The highest BCUT2D eigenvalue weighted by molar-refractivity contribution is 5.93. The molecule has 0 saturated carbocycles. The van der Waals surface area contributed by atoms with E-state index in [2.05, 4.69) is 10.3 Å². The van der Waals surface area contributed by atoms with Crippen LogP contribution in [0.2, 0.25) is 0 Å². The fraction of sp³-hybridized carbons (Fsp3) is 0.222. The summed E-state index contributed by atoms with van der Waals surface area (Å²) in [6, 6.07) is 15.8. The lowest BCUT2D eigenvalue weighted by Crippen LogP contribution is -2.18. The first-order valence-corrected chi connectivity index (χ1v) is 7.48. The van der Waals surface area contributed by atoms with Crippen LogP contribution in [0.25, 0.3) is 11.0 Å². The van der Waals surface area contributed by atoms with Crippen molar-refractivity contribution in [3.05, 3.63) is 59.7 Å². The molecule has 3 rings (SSSR count). The number of carbonyl (C=O) groups excluding carboxylic acids is 1. The fourth-order valence-corrected chi connectivity index (χ4v) is 2.64. The predicted octanol–water partition coefficient (Wildman–Crippen LogP) is 3.55. The third kappa shape index (κ3) is 2.72. The Kier molecular flexibility index (Phi) is 3.92. The van der Waals surface area contributed by atoms with E-state index in [1.807, 2.05) is 66.9 Å². The Bertz CT molecular complexity index is 820. The van der Waals surface area contributed by atoms with E-state index in [1.54, 1.807) is 0 Å². The van der Waals surface area contributed by atoms with Gasteiger partial charge in [-0.05, 0) is 37.1 Å². The topological polar surface area (TPSA) is 46.9 Å². The predicted molar refractivity (Wildman–Crippen MR) is 88.9 cm³/mol. The Morgan fingerprint density at radius 1 is 1.14 bits per heavy atom. The highest BCUT2D eigenvalue weighted by atomic mass is 16.1. The number of hydrogen-bond acceptors (Lipinski definition) is 2. The van der Waals surface area contributed by atoms with Crippen molar-refractivity contribution >= 4 is 22.9 Å². The Hall–Kier alpha value is -2.62. The molecule has 0 aliphatic heterocycles. The van der Waals surface area contributed by atoms with Crippen LogP contribution in [-0.4, -0.2) is 15.5 Å². The maximum atomic E-state index is 12.3. The summed E-state index contributed by atoms with van der Waals surface area (Å²) in [6.45, 7) is 4.83. The fourth-order valence-electron chi connectivity index (χ4n) is 2.64. The van der Waals surface area contributed by atoms with E-state index in [4.69, 9.17) is 0 Å². The van der Waals surface area contributed by atoms with Crippen molar-refractivity contribution in [2.45, 2.75) is 26.8 Å². The molecule has 3 aromatic rings. The van der Waals surface area contributed by atoms with Crippen molar-refractivity contribution in [1.29, 1.82) is 0 Å². The van der Waals surface area contributed by atoms with Crippen LogP contribution in [0.1, 0.15) is 18.1 Å². The van der Waals surface area contributed by atoms with Gasteiger partial charge in [-0.2, -0.15) is 0 Å². The average molecular weight is 293 g/mol. The molecule has 0 spiro atoms. The summed E-state index contributed by atoms with van der Waals surface area (Å²) in [5.74, 6) is 0.571. The molecule has 0 aliphatic rings. The number of para-hydroxylation sites is 2. The minimum absolute atomic E-state index is 0.0423. The van der Waals surface area contributed by atoms with Crippen LogP contribution in [0.4, 0.5) is 5.95 Å². The van der Waals surface area contributed by atoms with Gasteiger partial charge in [0.05, 0.1) is 17.5 Å². The van der Waals surface area contributed by atoms with Crippen LogP contribution in [0.15, 0.2) is 48.5 Å². The summed E-state index contributed by atoms with van der Waals surface area (Å²) in [6.07, 6.45) is 0.361. The van der Waals surface area contributed by atoms with E-state index in [0.717, 1.165) is 28.7 Å². The number of carbonyl (C=O) groups is 1. The number of nitrogens with zero attached hydrogens (tertiary/aromatic N) is 2. The van der Waals surface area contributed by atoms with Crippen molar-refractivity contribution in [2.24, 2.45) is 0 Å². The molecule has 0 unspecified atom stereocenters. The lowest BCUT2D eigenvalue weighted by Gasteiger charge is -2.09. The normalized spacial score (nSPS) is 10.8. The van der Waals surface area contributed by atoms with Gasteiger partial charge in [0, 0.05) is 6.54 Å². The van der Waals surface area contributed by atoms with E-state index in [1.165, 1.54) is 0 Å². The van der Waals surface area contributed by atoms with Gasteiger partial charge in [-0.25, -0.2) is 4.98 Å². The van der Waals surface area contributed by atoms with Crippen molar-refractivity contribution < 1.29 is 4.79 Å². The average Bonchev–Trinajstić information content (AvgIpc) is 2.86. The summed E-state index contributed by atoms with van der Waals surface area (Å²) in [5.41, 5.74) is 4.10. The molecule has 1 N–H and O–H groups in total. The quantitative estimate of drug-likeness (QED) is 0.799. The first kappa shape index (κ1) is 14.3. The number of aryl methyl sites for hydroxylation is 2. The molecule has 1 heterocycles. The molecule has 0 atom stereocenters. The van der Waals surface area contributed by atoms with Crippen LogP contribution in [0.5, 0.6) is 0 Å². The summed E-state index contributed by atoms with van der Waals surface area (Å²) >= 11 is 0. The Balaban J connectivity index is 1.84. The number of nitrogens with one attached hydrogen (secondary N) is 1. The standard InChI is InChI=1S/C18H19N3O/c1-3-21-16-11-7-6-10-15(16)19-18(21)20-17(22)12-14-9-5-4-8-13(14)2/h4-11H,3,12H2,1-2H3,(H,19,20,22). The van der Waals surface area contributed by atoms with Gasteiger partial charge in [0.15, 0.2) is 0 Å². The van der Waals surface area contributed by atoms with Gasteiger partial charge in [-0.1, -0.05) is 36.4 Å².